The lowest BCUT2D eigenvalue weighted by Gasteiger charge is -2.28. The van der Waals surface area contributed by atoms with Crippen LogP contribution in [0, 0.1) is 6.92 Å². The number of aryl methyl sites for hydroxylation is 2. The summed E-state index contributed by atoms with van der Waals surface area (Å²) in [5.74, 6) is 0.703. The van der Waals surface area contributed by atoms with Crippen molar-refractivity contribution in [3.8, 4) is 0 Å². The molecule has 0 amide bonds. The highest BCUT2D eigenvalue weighted by Crippen LogP contribution is 2.18. The maximum Gasteiger partial charge on any atom is 0.254 e. The lowest BCUT2D eigenvalue weighted by Crippen LogP contribution is -2.35. The van der Waals surface area contributed by atoms with E-state index in [0.717, 1.165) is 43.7 Å². The zero-order valence-corrected chi connectivity index (χ0v) is 12.6. The molecule has 110 valence electrons. The Balaban J connectivity index is 1.82. The maximum atomic E-state index is 11.9. The Kier molecular flexibility index (Phi) is 3.88. The van der Waals surface area contributed by atoms with Gasteiger partial charge in [0.2, 0.25) is 0 Å². The summed E-state index contributed by atoms with van der Waals surface area (Å²) >= 11 is 0. The topological polar surface area (TPSA) is 49.0 Å². The second kappa shape index (κ2) is 5.82. The van der Waals surface area contributed by atoms with Gasteiger partial charge in [-0.1, -0.05) is 31.2 Å². The van der Waals surface area contributed by atoms with Gasteiger partial charge in [0.25, 0.3) is 5.56 Å². The predicted octanol–water partition coefficient (Wildman–Crippen LogP) is 2.20. The van der Waals surface area contributed by atoms with Gasteiger partial charge in [0, 0.05) is 25.2 Å². The normalized spacial score (nSPS) is 15.0. The molecule has 2 aromatic rings. The van der Waals surface area contributed by atoms with E-state index >= 15 is 0 Å². The van der Waals surface area contributed by atoms with Crippen LogP contribution in [0.3, 0.4) is 0 Å². The first-order valence-electron chi connectivity index (χ1n) is 7.55. The van der Waals surface area contributed by atoms with Crippen molar-refractivity contribution < 1.29 is 0 Å². The van der Waals surface area contributed by atoms with Crippen LogP contribution in [0.2, 0.25) is 0 Å². The van der Waals surface area contributed by atoms with Crippen LogP contribution >= 0.6 is 0 Å². The van der Waals surface area contributed by atoms with Gasteiger partial charge in [0.05, 0.1) is 5.69 Å². The summed E-state index contributed by atoms with van der Waals surface area (Å²) < 4.78 is 0. The molecule has 0 saturated heterocycles. The van der Waals surface area contributed by atoms with Crippen LogP contribution in [0.1, 0.15) is 35.1 Å². The number of hydrogen-bond donors (Lipinski definition) is 1. The van der Waals surface area contributed by atoms with Crippen LogP contribution in [0.15, 0.2) is 29.1 Å². The van der Waals surface area contributed by atoms with Gasteiger partial charge in [-0.2, -0.15) is 0 Å². The molecule has 0 aliphatic carbocycles. The third-order valence-electron chi connectivity index (χ3n) is 4.16. The minimum Gasteiger partial charge on any atom is -0.311 e. The number of nitrogens with one attached hydrogen (secondary N) is 1. The molecule has 2 heterocycles. The van der Waals surface area contributed by atoms with Crippen molar-refractivity contribution in [3.63, 3.8) is 0 Å². The molecule has 0 bridgehead atoms. The molecule has 0 spiro atoms. The number of aromatic amines is 1. The van der Waals surface area contributed by atoms with E-state index in [1.807, 2.05) is 6.92 Å². The SMILES string of the molecule is CCc1ccccc1CN1CCc2c(nc(C)[nH]c2=O)C1. The Labute approximate surface area is 124 Å². The first-order chi connectivity index (χ1) is 10.2. The first kappa shape index (κ1) is 14.0. The number of rotatable bonds is 3. The zero-order chi connectivity index (χ0) is 14.8. The van der Waals surface area contributed by atoms with Crippen LogP contribution in [0.4, 0.5) is 0 Å². The van der Waals surface area contributed by atoms with Crippen LogP contribution in [0.25, 0.3) is 0 Å². The lowest BCUT2D eigenvalue weighted by molar-refractivity contribution is 0.239. The highest BCUT2D eigenvalue weighted by Gasteiger charge is 2.20. The van der Waals surface area contributed by atoms with Gasteiger partial charge < -0.3 is 4.98 Å². The second-order valence-electron chi connectivity index (χ2n) is 5.66. The molecule has 21 heavy (non-hydrogen) atoms. The summed E-state index contributed by atoms with van der Waals surface area (Å²) in [5.41, 5.74) is 4.62. The van der Waals surface area contributed by atoms with Crippen LogP contribution in [0.5, 0.6) is 0 Å². The van der Waals surface area contributed by atoms with Crippen LogP contribution in [-0.2, 0) is 25.9 Å². The highest BCUT2D eigenvalue weighted by atomic mass is 16.1. The largest absolute Gasteiger partial charge is 0.311 e. The van der Waals surface area contributed by atoms with E-state index < -0.39 is 0 Å². The van der Waals surface area contributed by atoms with Crippen molar-refractivity contribution in [1.29, 1.82) is 0 Å². The maximum absolute atomic E-state index is 11.9. The molecule has 0 fully saturated rings. The number of fused-ring (bicyclic) bond motifs is 1. The van der Waals surface area contributed by atoms with Gasteiger partial charge in [-0.25, -0.2) is 4.98 Å². The fourth-order valence-electron chi connectivity index (χ4n) is 3.05. The molecule has 0 atom stereocenters. The molecule has 1 aliphatic heterocycles. The molecular weight excluding hydrogens is 262 g/mol. The van der Waals surface area contributed by atoms with Crippen molar-refractivity contribution in [2.24, 2.45) is 0 Å². The van der Waals surface area contributed by atoms with E-state index in [-0.39, 0.29) is 5.56 Å². The van der Waals surface area contributed by atoms with Gasteiger partial charge in [-0.3, -0.25) is 9.69 Å². The molecule has 4 nitrogen and oxygen atoms in total. The van der Waals surface area contributed by atoms with Crippen LogP contribution in [-0.4, -0.2) is 21.4 Å². The third kappa shape index (κ3) is 2.90. The molecule has 3 rings (SSSR count). The number of hydrogen-bond acceptors (Lipinski definition) is 3. The Morgan fingerprint density at radius 2 is 2.05 bits per heavy atom. The minimum atomic E-state index is 0.0334. The van der Waals surface area contributed by atoms with Crippen molar-refractivity contribution in [2.45, 2.75) is 39.8 Å². The van der Waals surface area contributed by atoms with Crippen molar-refractivity contribution in [1.82, 2.24) is 14.9 Å². The van der Waals surface area contributed by atoms with Crippen molar-refractivity contribution >= 4 is 0 Å². The van der Waals surface area contributed by atoms with E-state index in [1.54, 1.807) is 0 Å². The zero-order valence-electron chi connectivity index (χ0n) is 12.6. The van der Waals surface area contributed by atoms with Gasteiger partial charge >= 0.3 is 0 Å². The van der Waals surface area contributed by atoms with Gasteiger partial charge in [-0.05, 0) is 30.9 Å². The average Bonchev–Trinajstić information content (AvgIpc) is 2.47. The van der Waals surface area contributed by atoms with E-state index in [2.05, 4.69) is 46.1 Å². The quantitative estimate of drug-likeness (QED) is 0.939. The predicted molar refractivity (Wildman–Crippen MR) is 83.2 cm³/mol. The minimum absolute atomic E-state index is 0.0334. The molecule has 1 aromatic carbocycles. The van der Waals surface area contributed by atoms with E-state index in [0.29, 0.717) is 5.82 Å². The van der Waals surface area contributed by atoms with E-state index in [9.17, 15) is 4.79 Å². The van der Waals surface area contributed by atoms with E-state index in [1.165, 1.54) is 11.1 Å². The summed E-state index contributed by atoms with van der Waals surface area (Å²) in [6.45, 7) is 6.63. The molecule has 1 aromatic heterocycles. The van der Waals surface area contributed by atoms with Gasteiger partial charge in [0.15, 0.2) is 0 Å². The molecule has 0 unspecified atom stereocenters. The van der Waals surface area contributed by atoms with Gasteiger partial charge in [-0.15, -0.1) is 0 Å². The summed E-state index contributed by atoms with van der Waals surface area (Å²) in [4.78, 5) is 21.6. The smallest absolute Gasteiger partial charge is 0.254 e. The fraction of sp³-hybridized carbons (Fsp3) is 0.412. The summed E-state index contributed by atoms with van der Waals surface area (Å²) in [6, 6.07) is 8.59. The first-order valence-corrected chi connectivity index (χ1v) is 7.55. The third-order valence-corrected chi connectivity index (χ3v) is 4.16. The van der Waals surface area contributed by atoms with E-state index in [4.69, 9.17) is 0 Å². The van der Waals surface area contributed by atoms with Crippen molar-refractivity contribution in [2.75, 3.05) is 6.54 Å². The summed E-state index contributed by atoms with van der Waals surface area (Å²) in [6.07, 6.45) is 1.84. The second-order valence-corrected chi connectivity index (χ2v) is 5.66. The van der Waals surface area contributed by atoms with Gasteiger partial charge in [0.1, 0.15) is 5.82 Å². The lowest BCUT2D eigenvalue weighted by atomic mass is 10.0. The number of benzene rings is 1. The molecular formula is C17H21N3O. The molecule has 0 radical (unpaired) electrons. The fourth-order valence-corrected chi connectivity index (χ4v) is 3.05. The highest BCUT2D eigenvalue weighted by molar-refractivity contribution is 5.28. The van der Waals surface area contributed by atoms with Crippen molar-refractivity contribution in [3.05, 3.63) is 62.8 Å². The Bertz CT molecular complexity index is 705. The molecule has 0 saturated carbocycles. The van der Waals surface area contributed by atoms with Crippen LogP contribution < -0.4 is 5.56 Å². The summed E-state index contributed by atoms with van der Waals surface area (Å²) in [7, 11) is 0. The number of nitrogens with zero attached hydrogens (tertiary/aromatic N) is 2. The standard InChI is InChI=1S/C17H21N3O/c1-3-13-6-4-5-7-14(13)10-20-9-8-15-16(11-20)18-12(2)19-17(15)21/h4-7H,3,8-11H2,1-2H3,(H,18,19,21). The molecule has 4 heteroatoms. The molecule has 1 N–H and O–H groups in total. The monoisotopic (exact) mass is 283 g/mol. The number of H-pyrrole nitrogens is 1. The number of aromatic nitrogens is 2. The average molecular weight is 283 g/mol. The Morgan fingerprint density at radius 3 is 2.81 bits per heavy atom. The Morgan fingerprint density at radius 1 is 1.29 bits per heavy atom. The molecule has 1 aliphatic rings. The summed E-state index contributed by atoms with van der Waals surface area (Å²) in [5, 5.41) is 0. The Hall–Kier alpha value is -1.94.